The number of rotatable bonds is 1. The van der Waals surface area contributed by atoms with Crippen molar-refractivity contribution in [2.45, 2.75) is 19.8 Å². The molecule has 13 heavy (non-hydrogen) atoms. The molecule has 68 valence electrons. The molecule has 0 amide bonds. The molecule has 0 aliphatic carbocycles. The van der Waals surface area contributed by atoms with Gasteiger partial charge >= 0.3 is 0 Å². The first kappa shape index (κ1) is 8.51. The standard InChI is InChI=1S/C9H10ClN3/c1-6(2)7-5-11-9-4-3-8(10)12-13(7)9/h3-6H,1-2H3. The van der Waals surface area contributed by atoms with Crippen molar-refractivity contribution < 1.29 is 0 Å². The van der Waals surface area contributed by atoms with Gasteiger partial charge in [-0.25, -0.2) is 9.50 Å². The molecule has 2 aromatic rings. The number of imidazole rings is 1. The Labute approximate surface area is 81.4 Å². The van der Waals surface area contributed by atoms with E-state index in [1.54, 1.807) is 10.6 Å². The van der Waals surface area contributed by atoms with Gasteiger partial charge in [-0.3, -0.25) is 0 Å². The maximum atomic E-state index is 5.79. The molecule has 0 N–H and O–H groups in total. The van der Waals surface area contributed by atoms with E-state index < -0.39 is 0 Å². The molecular formula is C9H10ClN3. The summed E-state index contributed by atoms with van der Waals surface area (Å²) in [4.78, 5) is 4.22. The number of hydrogen-bond acceptors (Lipinski definition) is 2. The number of nitrogens with zero attached hydrogens (tertiary/aromatic N) is 3. The lowest BCUT2D eigenvalue weighted by Crippen LogP contribution is -1.98. The highest BCUT2D eigenvalue weighted by Gasteiger charge is 2.07. The summed E-state index contributed by atoms with van der Waals surface area (Å²) in [5, 5.41) is 4.67. The second-order valence-corrected chi connectivity index (χ2v) is 3.65. The molecule has 0 fully saturated rings. The molecule has 0 aromatic carbocycles. The van der Waals surface area contributed by atoms with E-state index in [1.165, 1.54) is 0 Å². The fourth-order valence-corrected chi connectivity index (χ4v) is 1.40. The van der Waals surface area contributed by atoms with Gasteiger partial charge in [0.2, 0.25) is 0 Å². The molecule has 0 saturated heterocycles. The lowest BCUT2D eigenvalue weighted by atomic mass is 10.2. The highest BCUT2D eigenvalue weighted by Crippen LogP contribution is 2.16. The maximum absolute atomic E-state index is 5.79. The van der Waals surface area contributed by atoms with E-state index in [9.17, 15) is 0 Å². The molecule has 0 unspecified atom stereocenters. The van der Waals surface area contributed by atoms with Crippen LogP contribution in [0.1, 0.15) is 25.5 Å². The molecule has 3 nitrogen and oxygen atoms in total. The van der Waals surface area contributed by atoms with Gasteiger partial charge in [0.15, 0.2) is 5.65 Å². The summed E-state index contributed by atoms with van der Waals surface area (Å²) < 4.78 is 1.78. The lowest BCUT2D eigenvalue weighted by Gasteiger charge is -2.02. The first-order valence-electron chi connectivity index (χ1n) is 4.18. The Bertz CT molecular complexity index is 433. The van der Waals surface area contributed by atoms with Crippen LogP contribution in [-0.4, -0.2) is 14.6 Å². The van der Waals surface area contributed by atoms with Crippen LogP contribution in [0.2, 0.25) is 5.15 Å². The Morgan fingerprint density at radius 3 is 2.85 bits per heavy atom. The summed E-state index contributed by atoms with van der Waals surface area (Å²) in [7, 11) is 0. The second-order valence-electron chi connectivity index (χ2n) is 3.26. The quantitative estimate of drug-likeness (QED) is 0.700. The predicted molar refractivity (Wildman–Crippen MR) is 52.1 cm³/mol. The van der Waals surface area contributed by atoms with Crippen molar-refractivity contribution in [3.63, 3.8) is 0 Å². The Morgan fingerprint density at radius 1 is 1.38 bits per heavy atom. The fraction of sp³-hybridized carbons (Fsp3) is 0.333. The first-order chi connectivity index (χ1) is 6.18. The smallest absolute Gasteiger partial charge is 0.153 e. The molecule has 2 rings (SSSR count). The minimum absolute atomic E-state index is 0.404. The molecule has 0 atom stereocenters. The second kappa shape index (κ2) is 3.00. The fourth-order valence-electron chi connectivity index (χ4n) is 1.26. The van der Waals surface area contributed by atoms with E-state index in [-0.39, 0.29) is 0 Å². The van der Waals surface area contributed by atoms with Crippen LogP contribution in [0, 0.1) is 0 Å². The van der Waals surface area contributed by atoms with Gasteiger partial charge in [0.1, 0.15) is 5.15 Å². The average molecular weight is 196 g/mol. The largest absolute Gasteiger partial charge is 0.235 e. The Hall–Kier alpha value is -1.09. The topological polar surface area (TPSA) is 30.2 Å². The van der Waals surface area contributed by atoms with E-state index in [4.69, 9.17) is 11.6 Å². The lowest BCUT2D eigenvalue weighted by molar-refractivity contribution is 0.759. The van der Waals surface area contributed by atoms with E-state index in [2.05, 4.69) is 23.9 Å². The summed E-state index contributed by atoms with van der Waals surface area (Å²) in [6.45, 7) is 4.21. The third kappa shape index (κ3) is 1.40. The van der Waals surface area contributed by atoms with Crippen LogP contribution in [0.3, 0.4) is 0 Å². The first-order valence-corrected chi connectivity index (χ1v) is 4.56. The molecule has 4 heteroatoms. The normalized spacial score (nSPS) is 11.4. The van der Waals surface area contributed by atoms with Crippen LogP contribution < -0.4 is 0 Å². The monoisotopic (exact) mass is 195 g/mol. The Kier molecular flexibility index (Phi) is 1.96. The summed E-state index contributed by atoms with van der Waals surface area (Å²) in [6, 6.07) is 3.61. The van der Waals surface area contributed by atoms with E-state index >= 15 is 0 Å². The predicted octanol–water partition coefficient (Wildman–Crippen LogP) is 2.51. The minimum Gasteiger partial charge on any atom is -0.235 e. The van der Waals surface area contributed by atoms with Gasteiger partial charge in [0.05, 0.1) is 11.9 Å². The van der Waals surface area contributed by atoms with Gasteiger partial charge < -0.3 is 0 Å². The number of hydrogen-bond donors (Lipinski definition) is 0. The van der Waals surface area contributed by atoms with Crippen molar-refractivity contribution >= 4 is 17.2 Å². The van der Waals surface area contributed by atoms with Crippen molar-refractivity contribution in [3.05, 3.63) is 29.2 Å². The number of halogens is 1. The SMILES string of the molecule is CC(C)c1cnc2ccc(Cl)nn12. The van der Waals surface area contributed by atoms with Gasteiger partial charge in [0.25, 0.3) is 0 Å². The highest BCUT2D eigenvalue weighted by molar-refractivity contribution is 6.29. The number of fused-ring (bicyclic) bond motifs is 1. The van der Waals surface area contributed by atoms with Gasteiger partial charge in [-0.2, -0.15) is 5.10 Å². The number of aromatic nitrogens is 3. The van der Waals surface area contributed by atoms with Crippen molar-refractivity contribution in [1.82, 2.24) is 14.6 Å². The van der Waals surface area contributed by atoms with Crippen molar-refractivity contribution in [1.29, 1.82) is 0 Å². The van der Waals surface area contributed by atoms with Gasteiger partial charge in [-0.15, -0.1) is 0 Å². The molecule has 0 spiro atoms. The molecule has 0 saturated carbocycles. The molecular weight excluding hydrogens is 186 g/mol. The molecule has 2 aromatic heterocycles. The third-order valence-corrected chi connectivity index (χ3v) is 2.15. The third-order valence-electron chi connectivity index (χ3n) is 1.95. The summed E-state index contributed by atoms with van der Waals surface area (Å²) in [5.74, 6) is 0.404. The van der Waals surface area contributed by atoms with Crippen molar-refractivity contribution in [3.8, 4) is 0 Å². The average Bonchev–Trinajstić information content (AvgIpc) is 2.46. The molecule has 0 radical (unpaired) electrons. The van der Waals surface area contributed by atoms with Crippen molar-refractivity contribution in [2.75, 3.05) is 0 Å². The van der Waals surface area contributed by atoms with Crippen LogP contribution >= 0.6 is 11.6 Å². The van der Waals surface area contributed by atoms with Gasteiger partial charge in [-0.05, 0) is 18.1 Å². The zero-order valence-electron chi connectivity index (χ0n) is 7.53. The molecule has 2 heterocycles. The molecule has 0 bridgehead atoms. The minimum atomic E-state index is 0.404. The Morgan fingerprint density at radius 2 is 2.15 bits per heavy atom. The molecule has 0 aliphatic rings. The van der Waals surface area contributed by atoms with E-state index in [1.807, 2.05) is 12.3 Å². The Balaban J connectivity index is 2.71. The van der Waals surface area contributed by atoms with Gasteiger partial charge in [-0.1, -0.05) is 25.4 Å². The van der Waals surface area contributed by atoms with E-state index in [0.717, 1.165) is 11.3 Å². The maximum Gasteiger partial charge on any atom is 0.153 e. The van der Waals surface area contributed by atoms with Gasteiger partial charge in [0, 0.05) is 0 Å². The zero-order valence-corrected chi connectivity index (χ0v) is 8.28. The summed E-state index contributed by atoms with van der Waals surface area (Å²) in [6.07, 6.45) is 1.84. The van der Waals surface area contributed by atoms with Crippen LogP contribution in [0.15, 0.2) is 18.3 Å². The zero-order chi connectivity index (χ0) is 9.42. The summed E-state index contributed by atoms with van der Waals surface area (Å²) >= 11 is 5.79. The summed E-state index contributed by atoms with van der Waals surface area (Å²) in [5.41, 5.74) is 1.92. The highest BCUT2D eigenvalue weighted by atomic mass is 35.5. The van der Waals surface area contributed by atoms with Crippen LogP contribution in [0.5, 0.6) is 0 Å². The van der Waals surface area contributed by atoms with Crippen LogP contribution in [-0.2, 0) is 0 Å². The van der Waals surface area contributed by atoms with Crippen LogP contribution in [0.4, 0.5) is 0 Å². The molecule has 0 aliphatic heterocycles. The van der Waals surface area contributed by atoms with Crippen molar-refractivity contribution in [2.24, 2.45) is 0 Å². The van der Waals surface area contributed by atoms with E-state index in [0.29, 0.717) is 11.1 Å². The van der Waals surface area contributed by atoms with Crippen LogP contribution in [0.25, 0.3) is 5.65 Å².